The van der Waals surface area contributed by atoms with Crippen LogP contribution in [0.25, 0.3) is 0 Å². The third kappa shape index (κ3) is 4.06. The van der Waals surface area contributed by atoms with E-state index in [4.69, 9.17) is 10.3 Å². The molecule has 1 aromatic heterocycles. The van der Waals surface area contributed by atoms with E-state index in [1.807, 2.05) is 13.0 Å². The summed E-state index contributed by atoms with van der Waals surface area (Å²) >= 11 is 0. The van der Waals surface area contributed by atoms with Gasteiger partial charge in [-0.2, -0.15) is 0 Å². The molecule has 3 heteroatoms. The van der Waals surface area contributed by atoms with Gasteiger partial charge < -0.3 is 4.42 Å². The number of aryl methyl sites for hydroxylation is 1. The molecule has 0 amide bonds. The molecule has 86 valence electrons. The van der Waals surface area contributed by atoms with Crippen LogP contribution in [0, 0.1) is 12.8 Å². The summed E-state index contributed by atoms with van der Waals surface area (Å²) in [7, 11) is 0. The number of nitrogens with one attached hydrogen (secondary N) is 1. The van der Waals surface area contributed by atoms with Gasteiger partial charge in [0.05, 0.1) is 6.26 Å². The Balaban J connectivity index is 2.42. The van der Waals surface area contributed by atoms with Crippen LogP contribution in [0.2, 0.25) is 0 Å². The van der Waals surface area contributed by atoms with E-state index in [2.05, 4.69) is 19.3 Å². The maximum Gasteiger partial charge on any atom is 0.101 e. The lowest BCUT2D eigenvalue weighted by molar-refractivity contribution is 0.449. The number of nitrogens with two attached hydrogens (primary N) is 1. The maximum absolute atomic E-state index is 5.54. The largest absolute Gasteiger partial charge is 0.469 e. The van der Waals surface area contributed by atoms with Gasteiger partial charge in [0, 0.05) is 11.6 Å². The number of furan rings is 1. The highest BCUT2D eigenvalue weighted by molar-refractivity contribution is 5.15. The Kier molecular flexibility index (Phi) is 4.85. The van der Waals surface area contributed by atoms with Crippen LogP contribution in [0.1, 0.15) is 50.5 Å². The molecule has 0 aliphatic heterocycles. The predicted octanol–water partition coefficient (Wildman–Crippen LogP) is 2.92. The first-order valence-corrected chi connectivity index (χ1v) is 5.64. The second-order valence-corrected chi connectivity index (χ2v) is 4.53. The van der Waals surface area contributed by atoms with E-state index in [0.29, 0.717) is 0 Å². The molecule has 0 saturated heterocycles. The molecule has 1 aromatic rings. The molecule has 1 unspecified atom stereocenters. The summed E-state index contributed by atoms with van der Waals surface area (Å²) in [5.41, 5.74) is 4.00. The molecule has 0 aliphatic rings. The second kappa shape index (κ2) is 5.93. The SMILES string of the molecule is Cc1cc(C(CCCC(C)C)NN)co1. The molecular weight excluding hydrogens is 188 g/mol. The van der Waals surface area contributed by atoms with E-state index in [9.17, 15) is 0 Å². The van der Waals surface area contributed by atoms with Crippen molar-refractivity contribution in [3.05, 3.63) is 23.7 Å². The van der Waals surface area contributed by atoms with Crippen molar-refractivity contribution in [2.45, 2.75) is 46.1 Å². The standard InChI is InChI=1S/C12H22N2O/c1-9(2)5-4-6-12(14-13)11-7-10(3)15-8-11/h7-9,12,14H,4-6,13H2,1-3H3. The molecule has 0 saturated carbocycles. The first-order valence-electron chi connectivity index (χ1n) is 5.64. The lowest BCUT2D eigenvalue weighted by Crippen LogP contribution is -2.27. The minimum Gasteiger partial charge on any atom is -0.469 e. The molecule has 3 N–H and O–H groups in total. The van der Waals surface area contributed by atoms with Crippen molar-refractivity contribution in [1.82, 2.24) is 5.43 Å². The summed E-state index contributed by atoms with van der Waals surface area (Å²) in [6, 6.07) is 2.26. The van der Waals surface area contributed by atoms with Gasteiger partial charge >= 0.3 is 0 Å². The average molecular weight is 210 g/mol. The Bertz CT molecular complexity index is 281. The average Bonchev–Trinajstić information content (AvgIpc) is 2.59. The zero-order valence-corrected chi connectivity index (χ0v) is 9.92. The van der Waals surface area contributed by atoms with E-state index >= 15 is 0 Å². The van der Waals surface area contributed by atoms with Gasteiger partial charge in [0.1, 0.15) is 5.76 Å². The van der Waals surface area contributed by atoms with Crippen LogP contribution < -0.4 is 11.3 Å². The van der Waals surface area contributed by atoms with Gasteiger partial charge in [0.15, 0.2) is 0 Å². The molecule has 0 aliphatic carbocycles. The summed E-state index contributed by atoms with van der Waals surface area (Å²) in [6.45, 7) is 6.44. The highest BCUT2D eigenvalue weighted by Gasteiger charge is 2.11. The second-order valence-electron chi connectivity index (χ2n) is 4.53. The smallest absolute Gasteiger partial charge is 0.101 e. The molecule has 0 fully saturated rings. The van der Waals surface area contributed by atoms with Gasteiger partial charge in [0.25, 0.3) is 0 Å². The lowest BCUT2D eigenvalue weighted by Gasteiger charge is -2.14. The summed E-state index contributed by atoms with van der Waals surface area (Å²) in [4.78, 5) is 0. The zero-order valence-electron chi connectivity index (χ0n) is 9.92. The van der Waals surface area contributed by atoms with Crippen molar-refractivity contribution < 1.29 is 4.42 Å². The van der Waals surface area contributed by atoms with Crippen molar-refractivity contribution >= 4 is 0 Å². The molecule has 0 bridgehead atoms. The Morgan fingerprint density at radius 2 is 2.13 bits per heavy atom. The minimum absolute atomic E-state index is 0.223. The first-order chi connectivity index (χ1) is 7.13. The Morgan fingerprint density at radius 3 is 2.60 bits per heavy atom. The van der Waals surface area contributed by atoms with Gasteiger partial charge in [-0.15, -0.1) is 0 Å². The maximum atomic E-state index is 5.54. The number of hydrogen-bond donors (Lipinski definition) is 2. The Labute approximate surface area is 92.0 Å². The molecule has 15 heavy (non-hydrogen) atoms. The van der Waals surface area contributed by atoms with E-state index in [1.165, 1.54) is 12.8 Å². The number of hydrazine groups is 1. The fourth-order valence-corrected chi connectivity index (χ4v) is 1.72. The van der Waals surface area contributed by atoms with Crippen molar-refractivity contribution in [3.8, 4) is 0 Å². The van der Waals surface area contributed by atoms with Crippen molar-refractivity contribution in [2.75, 3.05) is 0 Å². The molecule has 1 heterocycles. The van der Waals surface area contributed by atoms with Gasteiger partial charge in [0.2, 0.25) is 0 Å². The monoisotopic (exact) mass is 210 g/mol. The third-order valence-corrected chi connectivity index (χ3v) is 2.63. The highest BCUT2D eigenvalue weighted by Crippen LogP contribution is 2.21. The van der Waals surface area contributed by atoms with Crippen molar-refractivity contribution in [3.63, 3.8) is 0 Å². The molecule has 0 radical (unpaired) electrons. The van der Waals surface area contributed by atoms with Crippen LogP contribution in [0.4, 0.5) is 0 Å². The molecule has 3 nitrogen and oxygen atoms in total. The topological polar surface area (TPSA) is 51.2 Å². The number of rotatable bonds is 6. The third-order valence-electron chi connectivity index (χ3n) is 2.63. The summed E-state index contributed by atoms with van der Waals surface area (Å²) < 4.78 is 5.28. The van der Waals surface area contributed by atoms with E-state index in [1.54, 1.807) is 6.26 Å². The Hall–Kier alpha value is -0.800. The normalized spacial score (nSPS) is 13.4. The van der Waals surface area contributed by atoms with Crippen LogP contribution in [0.15, 0.2) is 16.7 Å². The van der Waals surface area contributed by atoms with E-state index < -0.39 is 0 Å². The van der Waals surface area contributed by atoms with Gasteiger partial charge in [-0.05, 0) is 25.3 Å². The highest BCUT2D eigenvalue weighted by atomic mass is 16.3. The quantitative estimate of drug-likeness (QED) is 0.560. The van der Waals surface area contributed by atoms with Crippen LogP contribution in [0.3, 0.4) is 0 Å². The zero-order chi connectivity index (χ0) is 11.3. The Morgan fingerprint density at radius 1 is 1.40 bits per heavy atom. The molecule has 1 rings (SSSR count). The van der Waals surface area contributed by atoms with Crippen LogP contribution in [0.5, 0.6) is 0 Å². The molecular formula is C12H22N2O. The fraction of sp³-hybridized carbons (Fsp3) is 0.667. The number of hydrogen-bond acceptors (Lipinski definition) is 3. The van der Waals surface area contributed by atoms with Crippen molar-refractivity contribution in [1.29, 1.82) is 0 Å². The van der Waals surface area contributed by atoms with Gasteiger partial charge in [-0.1, -0.05) is 26.7 Å². The lowest BCUT2D eigenvalue weighted by atomic mass is 10.00. The van der Waals surface area contributed by atoms with Crippen molar-refractivity contribution in [2.24, 2.45) is 11.8 Å². The van der Waals surface area contributed by atoms with Gasteiger partial charge in [-0.3, -0.25) is 11.3 Å². The molecule has 0 aromatic carbocycles. The first kappa shape index (κ1) is 12.3. The summed E-state index contributed by atoms with van der Waals surface area (Å²) in [6.07, 6.45) is 5.29. The van der Waals surface area contributed by atoms with Gasteiger partial charge in [-0.25, -0.2) is 0 Å². The minimum atomic E-state index is 0.223. The molecule has 0 spiro atoms. The fourth-order valence-electron chi connectivity index (χ4n) is 1.72. The van der Waals surface area contributed by atoms with E-state index in [-0.39, 0.29) is 6.04 Å². The van der Waals surface area contributed by atoms with Crippen LogP contribution in [-0.2, 0) is 0 Å². The van der Waals surface area contributed by atoms with E-state index in [0.717, 1.165) is 23.7 Å². The summed E-state index contributed by atoms with van der Waals surface area (Å²) in [5, 5.41) is 0. The summed E-state index contributed by atoms with van der Waals surface area (Å²) in [5.74, 6) is 7.24. The van der Waals surface area contributed by atoms with Crippen LogP contribution >= 0.6 is 0 Å². The molecule has 1 atom stereocenters. The van der Waals surface area contributed by atoms with Crippen LogP contribution in [-0.4, -0.2) is 0 Å². The predicted molar refractivity (Wildman–Crippen MR) is 62.2 cm³/mol.